The zero-order valence-electron chi connectivity index (χ0n) is 5.84. The third kappa shape index (κ3) is 1.03. The van der Waals surface area contributed by atoms with E-state index in [1.165, 1.54) is 0 Å². The molecule has 56 valence electrons. The highest BCUT2D eigenvalue weighted by molar-refractivity contribution is 9.10. The van der Waals surface area contributed by atoms with Crippen LogP contribution in [0.4, 0.5) is 0 Å². The molecule has 2 heterocycles. The van der Waals surface area contributed by atoms with Gasteiger partial charge in [-0.25, -0.2) is 9.97 Å². The lowest BCUT2D eigenvalue weighted by Crippen LogP contribution is -1.86. The molecule has 2 aromatic heterocycles. The van der Waals surface area contributed by atoms with Crippen LogP contribution in [0.15, 0.2) is 21.3 Å². The molecule has 3 nitrogen and oxygen atoms in total. The monoisotopic (exact) mass is 212 g/mol. The summed E-state index contributed by atoms with van der Waals surface area (Å²) in [5.74, 6) is 0. The molecule has 0 spiro atoms. The van der Waals surface area contributed by atoms with E-state index >= 15 is 0 Å². The number of hydrogen-bond acceptors (Lipinski definition) is 3. The second kappa shape index (κ2) is 2.30. The van der Waals surface area contributed by atoms with E-state index in [1.807, 2.05) is 6.92 Å². The molecular formula is C7H5BrN2O. The summed E-state index contributed by atoms with van der Waals surface area (Å²) in [5.41, 5.74) is 2.21. The van der Waals surface area contributed by atoms with Gasteiger partial charge in [0.25, 0.3) is 0 Å². The van der Waals surface area contributed by atoms with Crippen molar-refractivity contribution in [2.75, 3.05) is 0 Å². The predicted molar refractivity (Wildman–Crippen MR) is 44.2 cm³/mol. The smallest absolute Gasteiger partial charge is 0.245 e. The highest BCUT2D eigenvalue weighted by Crippen LogP contribution is 2.16. The summed E-state index contributed by atoms with van der Waals surface area (Å²) in [7, 11) is 0. The van der Waals surface area contributed by atoms with Gasteiger partial charge >= 0.3 is 0 Å². The van der Waals surface area contributed by atoms with Gasteiger partial charge in [-0.2, -0.15) is 0 Å². The number of hydrogen-bond donors (Lipinski definition) is 0. The lowest BCUT2D eigenvalue weighted by Gasteiger charge is -1.93. The predicted octanol–water partition coefficient (Wildman–Crippen LogP) is 2.29. The summed E-state index contributed by atoms with van der Waals surface area (Å²) in [6, 6.07) is 1.78. The molecule has 0 saturated heterocycles. The van der Waals surface area contributed by atoms with Gasteiger partial charge in [-0.3, -0.25) is 0 Å². The van der Waals surface area contributed by atoms with Crippen molar-refractivity contribution in [2.24, 2.45) is 0 Å². The topological polar surface area (TPSA) is 38.9 Å². The maximum Gasteiger partial charge on any atom is 0.245 e. The highest BCUT2D eigenvalue weighted by Gasteiger charge is 2.03. The minimum Gasteiger partial charge on any atom is -0.445 e. The van der Waals surface area contributed by atoms with E-state index in [1.54, 1.807) is 12.3 Å². The Bertz CT molecular complexity index is 360. The van der Waals surface area contributed by atoms with Crippen molar-refractivity contribution < 1.29 is 4.42 Å². The van der Waals surface area contributed by atoms with Gasteiger partial charge in [-0.15, -0.1) is 0 Å². The van der Waals surface area contributed by atoms with Crippen LogP contribution in [-0.4, -0.2) is 9.97 Å². The van der Waals surface area contributed by atoms with E-state index in [4.69, 9.17) is 4.42 Å². The summed E-state index contributed by atoms with van der Waals surface area (Å²) in [6.07, 6.45) is 1.58. The molecule has 4 heteroatoms. The number of aromatic nitrogens is 2. The van der Waals surface area contributed by atoms with Crippen LogP contribution in [0.25, 0.3) is 11.2 Å². The Labute approximate surface area is 71.6 Å². The molecule has 2 aromatic rings. The first-order chi connectivity index (χ1) is 5.27. The van der Waals surface area contributed by atoms with Crippen molar-refractivity contribution in [3.63, 3.8) is 0 Å². The first kappa shape index (κ1) is 6.79. The maximum absolute atomic E-state index is 5.06. The van der Waals surface area contributed by atoms with Gasteiger partial charge in [0.15, 0.2) is 0 Å². The second-order valence-electron chi connectivity index (χ2n) is 2.21. The van der Waals surface area contributed by atoms with Gasteiger partial charge in [0.1, 0.15) is 10.1 Å². The van der Waals surface area contributed by atoms with E-state index < -0.39 is 0 Å². The van der Waals surface area contributed by atoms with Crippen LogP contribution in [0.2, 0.25) is 0 Å². The Morgan fingerprint density at radius 3 is 3.09 bits per heavy atom. The fourth-order valence-corrected chi connectivity index (χ4v) is 1.13. The lowest BCUT2D eigenvalue weighted by molar-refractivity contribution is 0.601. The molecule has 0 unspecified atom stereocenters. The Kier molecular flexibility index (Phi) is 1.42. The van der Waals surface area contributed by atoms with Crippen LogP contribution in [-0.2, 0) is 0 Å². The van der Waals surface area contributed by atoms with Crippen LogP contribution >= 0.6 is 15.9 Å². The highest BCUT2D eigenvalue weighted by atomic mass is 79.9. The molecule has 0 fully saturated rings. The molecular weight excluding hydrogens is 208 g/mol. The van der Waals surface area contributed by atoms with Crippen LogP contribution in [0, 0.1) is 6.92 Å². The molecule has 0 radical (unpaired) electrons. The third-order valence-electron chi connectivity index (χ3n) is 1.41. The van der Waals surface area contributed by atoms with Crippen molar-refractivity contribution in [3.8, 4) is 0 Å². The molecule has 0 amide bonds. The Hall–Kier alpha value is -0.900. The van der Waals surface area contributed by atoms with E-state index in [-0.39, 0.29) is 0 Å². The normalized spacial score (nSPS) is 10.7. The minimum atomic E-state index is 0.589. The summed E-state index contributed by atoms with van der Waals surface area (Å²) in [5, 5.41) is 0. The van der Waals surface area contributed by atoms with Gasteiger partial charge in [0.2, 0.25) is 5.71 Å². The Morgan fingerprint density at radius 2 is 2.27 bits per heavy atom. The molecule has 11 heavy (non-hydrogen) atoms. The summed E-state index contributed by atoms with van der Waals surface area (Å²) < 4.78 is 5.83. The molecule has 2 rings (SSSR count). The van der Waals surface area contributed by atoms with Crippen molar-refractivity contribution in [2.45, 2.75) is 6.92 Å². The van der Waals surface area contributed by atoms with Crippen molar-refractivity contribution >= 4 is 27.2 Å². The molecule has 0 bridgehead atoms. The van der Waals surface area contributed by atoms with Crippen molar-refractivity contribution in [1.29, 1.82) is 0 Å². The first-order valence-corrected chi connectivity index (χ1v) is 3.94. The third-order valence-corrected chi connectivity index (χ3v) is 2.16. The number of nitrogens with zero attached hydrogens (tertiary/aromatic N) is 2. The number of aryl methyl sites for hydroxylation is 1. The van der Waals surface area contributed by atoms with Crippen molar-refractivity contribution in [1.82, 2.24) is 9.97 Å². The zero-order chi connectivity index (χ0) is 7.84. The van der Waals surface area contributed by atoms with E-state index in [0.29, 0.717) is 5.71 Å². The molecule has 0 N–H and O–H groups in total. The Balaban J connectivity index is 2.86. The van der Waals surface area contributed by atoms with Gasteiger partial charge in [0, 0.05) is 6.07 Å². The standard InChI is InChI=1S/C7H5BrN2O/c1-4-6(8)10-5-2-3-11-7(5)9-4/h2-3H,1H3. The summed E-state index contributed by atoms with van der Waals surface area (Å²) >= 11 is 3.29. The second-order valence-corrected chi connectivity index (χ2v) is 2.96. The number of halogens is 1. The average Bonchev–Trinajstić information content (AvgIpc) is 2.36. The van der Waals surface area contributed by atoms with Gasteiger partial charge in [0.05, 0.1) is 12.0 Å². The lowest BCUT2D eigenvalue weighted by atomic mass is 10.5. The Morgan fingerprint density at radius 1 is 1.45 bits per heavy atom. The molecule has 0 aliphatic heterocycles. The summed E-state index contributed by atoms with van der Waals surface area (Å²) in [4.78, 5) is 8.35. The number of furan rings is 1. The molecule has 0 aliphatic carbocycles. The largest absolute Gasteiger partial charge is 0.445 e. The molecule has 0 saturated carbocycles. The molecule has 0 atom stereocenters. The number of rotatable bonds is 0. The van der Waals surface area contributed by atoms with Crippen LogP contribution < -0.4 is 0 Å². The van der Waals surface area contributed by atoms with Crippen molar-refractivity contribution in [3.05, 3.63) is 22.6 Å². The first-order valence-electron chi connectivity index (χ1n) is 3.15. The van der Waals surface area contributed by atoms with E-state index in [0.717, 1.165) is 15.8 Å². The van der Waals surface area contributed by atoms with E-state index in [2.05, 4.69) is 25.9 Å². The van der Waals surface area contributed by atoms with Gasteiger partial charge in [-0.1, -0.05) is 0 Å². The van der Waals surface area contributed by atoms with Crippen LogP contribution in [0.3, 0.4) is 0 Å². The van der Waals surface area contributed by atoms with Crippen LogP contribution in [0.1, 0.15) is 5.69 Å². The fraction of sp³-hybridized carbons (Fsp3) is 0.143. The fourth-order valence-electron chi connectivity index (χ4n) is 0.848. The van der Waals surface area contributed by atoms with E-state index in [9.17, 15) is 0 Å². The maximum atomic E-state index is 5.06. The van der Waals surface area contributed by atoms with Gasteiger partial charge < -0.3 is 4.42 Å². The van der Waals surface area contributed by atoms with Crippen LogP contribution in [0.5, 0.6) is 0 Å². The summed E-state index contributed by atoms with van der Waals surface area (Å²) in [6.45, 7) is 1.87. The van der Waals surface area contributed by atoms with Gasteiger partial charge in [-0.05, 0) is 22.9 Å². The molecule has 0 aliphatic rings. The minimum absolute atomic E-state index is 0.589. The SMILES string of the molecule is Cc1nc2occc2nc1Br. The zero-order valence-corrected chi connectivity index (χ0v) is 7.42. The number of fused-ring (bicyclic) bond motifs is 1. The average molecular weight is 213 g/mol. The molecule has 0 aromatic carbocycles. The quantitative estimate of drug-likeness (QED) is 0.673.